The molecule has 15 heavy (non-hydrogen) atoms. The van der Waals surface area contributed by atoms with Gasteiger partial charge in [0.15, 0.2) is 6.29 Å². The molecule has 1 saturated heterocycles. The Kier molecular flexibility index (Phi) is 2.81. The van der Waals surface area contributed by atoms with E-state index in [-0.39, 0.29) is 17.8 Å². The van der Waals surface area contributed by atoms with E-state index in [1.807, 2.05) is 6.07 Å². The minimum Gasteiger partial charge on any atom is -0.356 e. The zero-order valence-electron chi connectivity index (χ0n) is 9.57. The van der Waals surface area contributed by atoms with Gasteiger partial charge >= 0.3 is 0 Å². The summed E-state index contributed by atoms with van der Waals surface area (Å²) >= 11 is 0. The molecule has 1 aromatic rings. The lowest BCUT2D eigenvalue weighted by molar-refractivity contribution is -0.119. The van der Waals surface area contributed by atoms with Crippen LogP contribution in [0.4, 0.5) is 0 Å². The van der Waals surface area contributed by atoms with Gasteiger partial charge in [-0.1, -0.05) is 44.2 Å². The SMILES string of the molecule is COC1CC(C)(C)C(c2ccccc2)O1. The van der Waals surface area contributed by atoms with Crippen molar-refractivity contribution >= 4 is 0 Å². The van der Waals surface area contributed by atoms with Crippen LogP contribution in [0.2, 0.25) is 0 Å². The monoisotopic (exact) mass is 206 g/mol. The summed E-state index contributed by atoms with van der Waals surface area (Å²) in [6.45, 7) is 4.45. The van der Waals surface area contributed by atoms with Gasteiger partial charge in [-0.25, -0.2) is 0 Å². The molecular formula is C13H18O2. The molecule has 2 rings (SSSR count). The summed E-state index contributed by atoms with van der Waals surface area (Å²) in [5.41, 5.74) is 1.38. The van der Waals surface area contributed by atoms with Gasteiger partial charge in [0.05, 0.1) is 6.10 Å². The minimum atomic E-state index is -0.0646. The summed E-state index contributed by atoms with van der Waals surface area (Å²) in [5, 5.41) is 0. The van der Waals surface area contributed by atoms with E-state index in [1.54, 1.807) is 7.11 Å². The highest BCUT2D eigenvalue weighted by atomic mass is 16.7. The lowest BCUT2D eigenvalue weighted by Gasteiger charge is -2.24. The Labute approximate surface area is 91.2 Å². The standard InChI is InChI=1S/C13H18O2/c1-13(2)9-11(14-3)15-12(13)10-7-5-4-6-8-10/h4-8,11-12H,9H2,1-3H3. The first-order chi connectivity index (χ1) is 7.13. The van der Waals surface area contributed by atoms with Gasteiger partial charge in [0.2, 0.25) is 0 Å². The fourth-order valence-electron chi connectivity index (χ4n) is 2.22. The molecule has 2 unspecified atom stereocenters. The Hall–Kier alpha value is -0.860. The number of rotatable bonds is 2. The molecule has 2 heteroatoms. The van der Waals surface area contributed by atoms with E-state index in [4.69, 9.17) is 9.47 Å². The van der Waals surface area contributed by atoms with Crippen LogP contribution in [0, 0.1) is 5.41 Å². The molecular weight excluding hydrogens is 188 g/mol. The van der Waals surface area contributed by atoms with E-state index >= 15 is 0 Å². The van der Waals surface area contributed by atoms with E-state index in [2.05, 4.69) is 38.1 Å². The van der Waals surface area contributed by atoms with Crippen LogP contribution in [0.25, 0.3) is 0 Å². The largest absolute Gasteiger partial charge is 0.356 e. The molecule has 0 N–H and O–H groups in total. The number of benzene rings is 1. The van der Waals surface area contributed by atoms with E-state index in [1.165, 1.54) is 5.56 Å². The Balaban J connectivity index is 2.23. The van der Waals surface area contributed by atoms with Crippen LogP contribution in [0.1, 0.15) is 31.9 Å². The molecule has 2 atom stereocenters. The highest BCUT2D eigenvalue weighted by Crippen LogP contribution is 2.47. The van der Waals surface area contributed by atoms with Crippen molar-refractivity contribution < 1.29 is 9.47 Å². The molecule has 0 spiro atoms. The summed E-state index contributed by atoms with van der Waals surface area (Å²) in [7, 11) is 1.70. The van der Waals surface area contributed by atoms with Crippen LogP contribution in [-0.4, -0.2) is 13.4 Å². The Bertz CT molecular complexity index is 319. The van der Waals surface area contributed by atoms with Crippen LogP contribution in [0.15, 0.2) is 30.3 Å². The topological polar surface area (TPSA) is 18.5 Å². The van der Waals surface area contributed by atoms with Gasteiger partial charge in [-0.2, -0.15) is 0 Å². The Morgan fingerprint density at radius 2 is 1.93 bits per heavy atom. The van der Waals surface area contributed by atoms with Crippen molar-refractivity contribution in [2.45, 2.75) is 32.7 Å². The summed E-state index contributed by atoms with van der Waals surface area (Å²) in [6.07, 6.45) is 1.03. The first-order valence-electron chi connectivity index (χ1n) is 5.37. The molecule has 2 nitrogen and oxygen atoms in total. The summed E-state index contributed by atoms with van der Waals surface area (Å²) < 4.78 is 11.2. The van der Waals surface area contributed by atoms with E-state index in [9.17, 15) is 0 Å². The maximum Gasteiger partial charge on any atom is 0.158 e. The fraction of sp³-hybridized carbons (Fsp3) is 0.538. The molecule has 0 saturated carbocycles. The molecule has 0 bridgehead atoms. The molecule has 1 aliphatic rings. The first kappa shape index (κ1) is 10.7. The third-order valence-electron chi connectivity index (χ3n) is 3.06. The van der Waals surface area contributed by atoms with E-state index in [0.29, 0.717) is 0 Å². The van der Waals surface area contributed by atoms with Gasteiger partial charge in [0.1, 0.15) is 0 Å². The molecule has 1 fully saturated rings. The molecule has 82 valence electrons. The average molecular weight is 206 g/mol. The van der Waals surface area contributed by atoms with Crippen molar-refractivity contribution in [3.8, 4) is 0 Å². The number of hydrogen-bond acceptors (Lipinski definition) is 2. The van der Waals surface area contributed by atoms with E-state index < -0.39 is 0 Å². The second kappa shape index (κ2) is 3.95. The molecule has 0 aliphatic carbocycles. The lowest BCUT2D eigenvalue weighted by Crippen LogP contribution is -2.16. The van der Waals surface area contributed by atoms with Crippen molar-refractivity contribution in [1.29, 1.82) is 0 Å². The predicted molar refractivity (Wildman–Crippen MR) is 59.5 cm³/mol. The van der Waals surface area contributed by atoms with Gasteiger partial charge in [-0.05, 0) is 5.56 Å². The number of ether oxygens (including phenoxy) is 2. The third-order valence-corrected chi connectivity index (χ3v) is 3.06. The van der Waals surface area contributed by atoms with Crippen molar-refractivity contribution in [2.24, 2.45) is 5.41 Å². The average Bonchev–Trinajstić information content (AvgIpc) is 2.55. The van der Waals surface area contributed by atoms with Crippen molar-refractivity contribution in [3.05, 3.63) is 35.9 Å². The Morgan fingerprint density at radius 1 is 1.27 bits per heavy atom. The van der Waals surface area contributed by atoms with Crippen molar-refractivity contribution in [2.75, 3.05) is 7.11 Å². The maximum atomic E-state index is 5.89. The molecule has 0 amide bonds. The summed E-state index contributed by atoms with van der Waals surface area (Å²) in [4.78, 5) is 0. The lowest BCUT2D eigenvalue weighted by atomic mass is 9.82. The van der Waals surface area contributed by atoms with Gasteiger partial charge in [0, 0.05) is 18.9 Å². The molecule has 0 aromatic heterocycles. The first-order valence-corrected chi connectivity index (χ1v) is 5.37. The second-order valence-corrected chi connectivity index (χ2v) is 4.78. The second-order valence-electron chi connectivity index (χ2n) is 4.78. The maximum absolute atomic E-state index is 5.89. The highest BCUT2D eigenvalue weighted by molar-refractivity contribution is 5.20. The molecule has 0 radical (unpaired) electrons. The quantitative estimate of drug-likeness (QED) is 0.740. The summed E-state index contributed by atoms with van der Waals surface area (Å²) in [5.74, 6) is 0. The zero-order valence-corrected chi connectivity index (χ0v) is 9.57. The normalized spacial score (nSPS) is 29.3. The highest BCUT2D eigenvalue weighted by Gasteiger charge is 2.42. The van der Waals surface area contributed by atoms with Gasteiger partial charge in [0.25, 0.3) is 0 Å². The van der Waals surface area contributed by atoms with Crippen LogP contribution in [0.5, 0.6) is 0 Å². The van der Waals surface area contributed by atoms with E-state index in [0.717, 1.165) is 6.42 Å². The molecule has 1 aliphatic heterocycles. The van der Waals surface area contributed by atoms with Crippen LogP contribution < -0.4 is 0 Å². The van der Waals surface area contributed by atoms with Gasteiger partial charge < -0.3 is 9.47 Å². The van der Waals surface area contributed by atoms with Crippen LogP contribution in [-0.2, 0) is 9.47 Å². The van der Waals surface area contributed by atoms with Crippen molar-refractivity contribution in [1.82, 2.24) is 0 Å². The van der Waals surface area contributed by atoms with Crippen LogP contribution in [0.3, 0.4) is 0 Å². The number of methoxy groups -OCH3 is 1. The summed E-state index contributed by atoms with van der Waals surface area (Å²) in [6, 6.07) is 10.4. The predicted octanol–water partition coefficient (Wildman–Crippen LogP) is 3.15. The smallest absolute Gasteiger partial charge is 0.158 e. The van der Waals surface area contributed by atoms with Crippen molar-refractivity contribution in [3.63, 3.8) is 0 Å². The van der Waals surface area contributed by atoms with Crippen LogP contribution >= 0.6 is 0 Å². The van der Waals surface area contributed by atoms with Gasteiger partial charge in [-0.15, -0.1) is 0 Å². The molecule has 1 aromatic carbocycles. The zero-order chi connectivity index (χ0) is 10.9. The molecule has 1 heterocycles. The fourth-order valence-corrected chi connectivity index (χ4v) is 2.22. The number of hydrogen-bond donors (Lipinski definition) is 0. The Morgan fingerprint density at radius 3 is 2.47 bits per heavy atom. The van der Waals surface area contributed by atoms with Gasteiger partial charge in [-0.3, -0.25) is 0 Å². The minimum absolute atomic E-state index is 0.0646. The third kappa shape index (κ3) is 2.06.